The Bertz CT molecular complexity index is 701. The van der Waals surface area contributed by atoms with Gasteiger partial charge in [-0.3, -0.25) is 4.79 Å². The van der Waals surface area contributed by atoms with Crippen molar-refractivity contribution in [3.05, 3.63) is 29.1 Å². The van der Waals surface area contributed by atoms with Crippen molar-refractivity contribution in [2.24, 2.45) is 5.92 Å². The van der Waals surface area contributed by atoms with Crippen molar-refractivity contribution in [3.8, 4) is 0 Å². The Kier molecular flexibility index (Phi) is 4.43. The van der Waals surface area contributed by atoms with Crippen molar-refractivity contribution in [3.63, 3.8) is 0 Å². The summed E-state index contributed by atoms with van der Waals surface area (Å²) >= 11 is 1.36. The first kappa shape index (κ1) is 15.0. The molecule has 1 heterocycles. The number of amides is 1. The van der Waals surface area contributed by atoms with Gasteiger partial charge in [0.25, 0.3) is 0 Å². The quantitative estimate of drug-likeness (QED) is 0.863. The van der Waals surface area contributed by atoms with Gasteiger partial charge in [-0.25, -0.2) is 4.79 Å². The second-order valence-corrected chi connectivity index (χ2v) is 6.67. The average molecular weight is 317 g/mol. The number of nitrogens with one attached hydrogen (secondary N) is 1. The molecule has 0 saturated heterocycles. The summed E-state index contributed by atoms with van der Waals surface area (Å²) in [6.45, 7) is 0. The number of anilines is 1. The lowest BCUT2D eigenvalue weighted by atomic mass is 9.88. The average Bonchev–Trinajstić information content (AvgIpc) is 2.93. The molecule has 1 aromatic heterocycles. The SMILES string of the molecule is COC(=O)c1sc2ccccc2c1NC(=O)C1CCCCC1. The highest BCUT2D eigenvalue weighted by molar-refractivity contribution is 7.21. The largest absolute Gasteiger partial charge is 0.465 e. The Morgan fingerprint density at radius 3 is 2.64 bits per heavy atom. The lowest BCUT2D eigenvalue weighted by molar-refractivity contribution is -0.120. The maximum atomic E-state index is 12.5. The molecule has 3 rings (SSSR count). The Labute approximate surface area is 133 Å². The number of esters is 1. The van der Waals surface area contributed by atoms with Gasteiger partial charge in [0.2, 0.25) is 5.91 Å². The van der Waals surface area contributed by atoms with E-state index < -0.39 is 5.97 Å². The second-order valence-electron chi connectivity index (χ2n) is 5.62. The van der Waals surface area contributed by atoms with Crippen molar-refractivity contribution in [2.75, 3.05) is 12.4 Å². The third kappa shape index (κ3) is 2.86. The van der Waals surface area contributed by atoms with Gasteiger partial charge in [0.15, 0.2) is 0 Å². The normalized spacial score (nSPS) is 15.7. The van der Waals surface area contributed by atoms with E-state index in [4.69, 9.17) is 4.74 Å². The predicted octanol–water partition coefficient (Wildman–Crippen LogP) is 4.21. The predicted molar refractivity (Wildman–Crippen MR) is 88.4 cm³/mol. The molecule has 0 bridgehead atoms. The fourth-order valence-electron chi connectivity index (χ4n) is 3.00. The monoisotopic (exact) mass is 317 g/mol. The number of ether oxygens (including phenoxy) is 1. The molecule has 0 radical (unpaired) electrons. The van der Waals surface area contributed by atoms with Crippen molar-refractivity contribution in [1.29, 1.82) is 0 Å². The molecule has 5 heteroatoms. The van der Waals surface area contributed by atoms with E-state index in [-0.39, 0.29) is 11.8 Å². The van der Waals surface area contributed by atoms with Gasteiger partial charge in [0.1, 0.15) is 4.88 Å². The number of methoxy groups -OCH3 is 1. The summed E-state index contributed by atoms with van der Waals surface area (Å²) in [5.74, 6) is -0.327. The van der Waals surface area contributed by atoms with E-state index in [1.165, 1.54) is 24.9 Å². The fraction of sp³-hybridized carbons (Fsp3) is 0.412. The third-order valence-electron chi connectivity index (χ3n) is 4.19. The van der Waals surface area contributed by atoms with Gasteiger partial charge in [0.05, 0.1) is 12.8 Å². The van der Waals surface area contributed by atoms with E-state index in [1.807, 2.05) is 24.3 Å². The van der Waals surface area contributed by atoms with Crippen LogP contribution in [-0.2, 0) is 9.53 Å². The Morgan fingerprint density at radius 2 is 1.91 bits per heavy atom. The molecule has 0 unspecified atom stereocenters. The van der Waals surface area contributed by atoms with Crippen LogP contribution in [0.1, 0.15) is 41.8 Å². The molecular weight excluding hydrogens is 298 g/mol. The van der Waals surface area contributed by atoms with Crippen LogP contribution in [0.5, 0.6) is 0 Å². The van der Waals surface area contributed by atoms with E-state index in [2.05, 4.69) is 5.32 Å². The Morgan fingerprint density at radius 1 is 1.18 bits per heavy atom. The van der Waals surface area contributed by atoms with E-state index in [0.717, 1.165) is 35.8 Å². The van der Waals surface area contributed by atoms with Crippen LogP contribution in [0.4, 0.5) is 5.69 Å². The molecule has 1 saturated carbocycles. The Balaban J connectivity index is 1.94. The zero-order chi connectivity index (χ0) is 15.5. The molecule has 116 valence electrons. The topological polar surface area (TPSA) is 55.4 Å². The van der Waals surface area contributed by atoms with Crippen molar-refractivity contribution in [2.45, 2.75) is 32.1 Å². The van der Waals surface area contributed by atoms with Crippen molar-refractivity contribution >= 4 is 39.0 Å². The molecule has 2 aromatic rings. The van der Waals surface area contributed by atoms with Gasteiger partial charge in [-0.2, -0.15) is 0 Å². The minimum Gasteiger partial charge on any atom is -0.465 e. The maximum absolute atomic E-state index is 12.5. The van der Waals surface area contributed by atoms with Gasteiger partial charge in [-0.15, -0.1) is 11.3 Å². The number of carbonyl (C=O) groups excluding carboxylic acids is 2. The molecule has 1 fully saturated rings. The number of benzene rings is 1. The maximum Gasteiger partial charge on any atom is 0.350 e. The first-order chi connectivity index (χ1) is 10.7. The fourth-order valence-corrected chi connectivity index (χ4v) is 4.07. The summed E-state index contributed by atoms with van der Waals surface area (Å²) in [6, 6.07) is 7.70. The van der Waals surface area contributed by atoms with Crippen LogP contribution >= 0.6 is 11.3 Å². The highest BCUT2D eigenvalue weighted by Crippen LogP contribution is 2.37. The molecule has 0 aliphatic heterocycles. The van der Waals surface area contributed by atoms with Crippen LogP contribution in [0.25, 0.3) is 10.1 Å². The summed E-state index contributed by atoms with van der Waals surface area (Å²) in [4.78, 5) is 25.0. The summed E-state index contributed by atoms with van der Waals surface area (Å²) in [5.41, 5.74) is 0.600. The lowest BCUT2D eigenvalue weighted by Gasteiger charge is -2.20. The van der Waals surface area contributed by atoms with Gasteiger partial charge in [-0.1, -0.05) is 37.5 Å². The molecule has 0 spiro atoms. The molecule has 1 aliphatic carbocycles. The summed E-state index contributed by atoms with van der Waals surface area (Å²) in [6.07, 6.45) is 5.28. The molecule has 22 heavy (non-hydrogen) atoms. The second kappa shape index (κ2) is 6.48. The highest BCUT2D eigenvalue weighted by atomic mass is 32.1. The summed E-state index contributed by atoms with van der Waals surface area (Å²) in [5, 5.41) is 3.89. The summed E-state index contributed by atoms with van der Waals surface area (Å²) < 4.78 is 5.83. The zero-order valence-corrected chi connectivity index (χ0v) is 13.4. The molecule has 1 aromatic carbocycles. The van der Waals surface area contributed by atoms with E-state index >= 15 is 0 Å². The van der Waals surface area contributed by atoms with Gasteiger partial charge in [-0.05, 0) is 18.9 Å². The highest BCUT2D eigenvalue weighted by Gasteiger charge is 2.25. The van der Waals surface area contributed by atoms with Crippen molar-refractivity contribution < 1.29 is 14.3 Å². The smallest absolute Gasteiger partial charge is 0.350 e. The number of carbonyl (C=O) groups is 2. The molecule has 4 nitrogen and oxygen atoms in total. The van der Waals surface area contributed by atoms with Crippen LogP contribution in [0.2, 0.25) is 0 Å². The minimum atomic E-state index is -0.403. The van der Waals surface area contributed by atoms with Crippen LogP contribution in [0.3, 0.4) is 0 Å². The van der Waals surface area contributed by atoms with Gasteiger partial charge in [0, 0.05) is 16.0 Å². The minimum absolute atomic E-state index is 0.0217. The molecule has 0 atom stereocenters. The molecule has 1 aliphatic rings. The third-order valence-corrected chi connectivity index (χ3v) is 5.34. The van der Waals surface area contributed by atoms with E-state index in [1.54, 1.807) is 0 Å². The number of hydrogen-bond acceptors (Lipinski definition) is 4. The van der Waals surface area contributed by atoms with Gasteiger partial charge < -0.3 is 10.1 Å². The molecule has 1 N–H and O–H groups in total. The van der Waals surface area contributed by atoms with Crippen LogP contribution in [-0.4, -0.2) is 19.0 Å². The van der Waals surface area contributed by atoms with Crippen LogP contribution in [0.15, 0.2) is 24.3 Å². The zero-order valence-electron chi connectivity index (χ0n) is 12.6. The summed E-state index contributed by atoms with van der Waals surface area (Å²) in [7, 11) is 1.36. The lowest BCUT2D eigenvalue weighted by Crippen LogP contribution is -2.25. The first-order valence-electron chi connectivity index (χ1n) is 7.61. The standard InChI is InChI=1S/C17H19NO3S/c1-21-17(20)15-14(12-9-5-6-10-13(12)22-15)18-16(19)11-7-3-2-4-8-11/h5-6,9-11H,2-4,7-8H2,1H3,(H,18,19). The van der Waals surface area contributed by atoms with Crippen LogP contribution < -0.4 is 5.32 Å². The van der Waals surface area contributed by atoms with E-state index in [9.17, 15) is 9.59 Å². The van der Waals surface area contributed by atoms with Crippen LogP contribution in [0, 0.1) is 5.92 Å². The Hall–Kier alpha value is -1.88. The van der Waals surface area contributed by atoms with Crippen molar-refractivity contribution in [1.82, 2.24) is 0 Å². The number of rotatable bonds is 3. The van der Waals surface area contributed by atoms with E-state index in [0.29, 0.717) is 10.6 Å². The van der Waals surface area contributed by atoms with Gasteiger partial charge >= 0.3 is 5.97 Å². The number of thiophene rings is 1. The number of fused-ring (bicyclic) bond motifs is 1. The first-order valence-corrected chi connectivity index (χ1v) is 8.43. The molecule has 1 amide bonds. The number of hydrogen-bond donors (Lipinski definition) is 1. The molecular formula is C17H19NO3S.